The second-order valence-corrected chi connectivity index (χ2v) is 4.84. The maximum absolute atomic E-state index is 13.4. The number of hydrogen-bond donors (Lipinski definition) is 0. The van der Waals surface area contributed by atoms with Gasteiger partial charge in [0.05, 0.1) is 18.0 Å². The number of ether oxygens (including phenoxy) is 1. The molecule has 23 heavy (non-hydrogen) atoms. The topological polar surface area (TPSA) is 57.0 Å². The van der Waals surface area contributed by atoms with Crippen molar-refractivity contribution < 1.29 is 13.9 Å². The van der Waals surface area contributed by atoms with Crippen LogP contribution in [-0.4, -0.2) is 27.9 Å². The number of para-hydroxylation sites is 1. The van der Waals surface area contributed by atoms with E-state index in [1.54, 1.807) is 12.1 Å². The minimum absolute atomic E-state index is 0.228. The van der Waals surface area contributed by atoms with E-state index in [2.05, 4.69) is 10.3 Å². The fourth-order valence-corrected chi connectivity index (χ4v) is 2.24. The van der Waals surface area contributed by atoms with Gasteiger partial charge in [0, 0.05) is 6.42 Å². The van der Waals surface area contributed by atoms with Crippen molar-refractivity contribution in [2.75, 3.05) is 6.61 Å². The summed E-state index contributed by atoms with van der Waals surface area (Å²) in [6, 6.07) is 15.3. The van der Waals surface area contributed by atoms with Gasteiger partial charge in [-0.2, -0.15) is 0 Å². The zero-order valence-corrected chi connectivity index (χ0v) is 12.2. The van der Waals surface area contributed by atoms with Crippen LogP contribution >= 0.6 is 0 Å². The van der Waals surface area contributed by atoms with Crippen molar-refractivity contribution in [3.8, 4) is 11.4 Å². The van der Waals surface area contributed by atoms with Crippen LogP contribution in [0.4, 0.5) is 4.39 Å². The highest BCUT2D eigenvalue weighted by molar-refractivity contribution is 5.73. The van der Waals surface area contributed by atoms with E-state index in [9.17, 15) is 9.18 Å². The monoisotopic (exact) mass is 311 g/mol. The average molecular weight is 311 g/mol. The second-order valence-electron chi connectivity index (χ2n) is 4.84. The Morgan fingerprint density at radius 3 is 2.70 bits per heavy atom. The SMILES string of the molecule is O=Cc1nnn(-c2cccc(F)c2)c1CCOc1ccccc1. The lowest BCUT2D eigenvalue weighted by Crippen LogP contribution is -2.09. The fraction of sp³-hybridized carbons (Fsp3) is 0.118. The Balaban J connectivity index is 1.80. The molecule has 1 aromatic heterocycles. The fourth-order valence-electron chi connectivity index (χ4n) is 2.24. The van der Waals surface area contributed by atoms with Gasteiger partial charge in [0.1, 0.15) is 17.3 Å². The molecule has 0 spiro atoms. The Morgan fingerprint density at radius 1 is 1.13 bits per heavy atom. The standard InChI is InChI=1S/C17H14FN3O2/c18-13-5-4-6-14(11-13)21-17(16(12-22)19-20-21)9-10-23-15-7-2-1-3-8-15/h1-8,11-12H,9-10H2. The lowest BCUT2D eigenvalue weighted by atomic mass is 10.2. The van der Waals surface area contributed by atoms with E-state index in [-0.39, 0.29) is 11.5 Å². The maximum atomic E-state index is 13.4. The summed E-state index contributed by atoms with van der Waals surface area (Å²) in [5.41, 5.74) is 1.33. The van der Waals surface area contributed by atoms with Gasteiger partial charge in [-0.25, -0.2) is 9.07 Å². The lowest BCUT2D eigenvalue weighted by molar-refractivity contribution is 0.111. The van der Waals surface area contributed by atoms with Crippen LogP contribution in [0.5, 0.6) is 5.75 Å². The molecular weight excluding hydrogens is 297 g/mol. The minimum Gasteiger partial charge on any atom is -0.493 e. The van der Waals surface area contributed by atoms with Gasteiger partial charge in [-0.3, -0.25) is 4.79 Å². The quantitative estimate of drug-likeness (QED) is 0.657. The third-order valence-electron chi connectivity index (χ3n) is 3.31. The first-order chi connectivity index (χ1) is 11.3. The van der Waals surface area contributed by atoms with Gasteiger partial charge >= 0.3 is 0 Å². The molecule has 1 heterocycles. The molecule has 0 amide bonds. The van der Waals surface area contributed by atoms with Crippen molar-refractivity contribution in [1.29, 1.82) is 0 Å². The highest BCUT2D eigenvalue weighted by Gasteiger charge is 2.14. The number of hydrogen-bond acceptors (Lipinski definition) is 4. The lowest BCUT2D eigenvalue weighted by Gasteiger charge is -2.08. The summed E-state index contributed by atoms with van der Waals surface area (Å²) >= 11 is 0. The summed E-state index contributed by atoms with van der Waals surface area (Å²) in [4.78, 5) is 11.1. The molecule has 0 N–H and O–H groups in total. The molecule has 0 bridgehead atoms. The molecule has 0 saturated carbocycles. The number of aromatic nitrogens is 3. The van der Waals surface area contributed by atoms with Crippen molar-refractivity contribution in [3.63, 3.8) is 0 Å². The molecule has 6 heteroatoms. The number of rotatable bonds is 6. The molecule has 5 nitrogen and oxygen atoms in total. The molecule has 0 atom stereocenters. The first-order valence-electron chi connectivity index (χ1n) is 7.11. The van der Waals surface area contributed by atoms with Gasteiger partial charge in [0.25, 0.3) is 0 Å². The first kappa shape index (κ1) is 14.9. The molecule has 0 unspecified atom stereocenters. The zero-order valence-electron chi connectivity index (χ0n) is 12.2. The van der Waals surface area contributed by atoms with Crippen LogP contribution in [0.2, 0.25) is 0 Å². The molecule has 0 fully saturated rings. The van der Waals surface area contributed by atoms with Crippen LogP contribution < -0.4 is 4.74 Å². The van der Waals surface area contributed by atoms with Gasteiger partial charge in [-0.15, -0.1) is 5.10 Å². The zero-order chi connectivity index (χ0) is 16.1. The van der Waals surface area contributed by atoms with Gasteiger partial charge in [0.15, 0.2) is 6.29 Å². The van der Waals surface area contributed by atoms with Gasteiger partial charge in [-0.05, 0) is 30.3 Å². The normalized spacial score (nSPS) is 10.5. The Hall–Kier alpha value is -3.02. The van der Waals surface area contributed by atoms with E-state index in [0.29, 0.717) is 30.7 Å². The number of aldehydes is 1. The maximum Gasteiger partial charge on any atom is 0.172 e. The summed E-state index contributed by atoms with van der Waals surface area (Å²) in [7, 11) is 0. The van der Waals surface area contributed by atoms with E-state index in [4.69, 9.17) is 4.74 Å². The van der Waals surface area contributed by atoms with Crippen LogP contribution in [-0.2, 0) is 6.42 Å². The summed E-state index contributed by atoms with van der Waals surface area (Å²) in [6.07, 6.45) is 1.06. The van der Waals surface area contributed by atoms with Gasteiger partial charge in [-0.1, -0.05) is 29.5 Å². The van der Waals surface area contributed by atoms with Crippen molar-refractivity contribution in [3.05, 3.63) is 71.8 Å². The molecule has 0 aliphatic heterocycles. The first-order valence-corrected chi connectivity index (χ1v) is 7.11. The van der Waals surface area contributed by atoms with Crippen molar-refractivity contribution >= 4 is 6.29 Å². The van der Waals surface area contributed by atoms with Gasteiger partial charge in [0.2, 0.25) is 0 Å². The van der Waals surface area contributed by atoms with Crippen LogP contribution in [0.25, 0.3) is 5.69 Å². The molecule has 2 aromatic carbocycles. The van der Waals surface area contributed by atoms with E-state index in [1.807, 2.05) is 30.3 Å². The molecule has 116 valence electrons. The molecule has 3 aromatic rings. The van der Waals surface area contributed by atoms with E-state index < -0.39 is 0 Å². The van der Waals surface area contributed by atoms with E-state index >= 15 is 0 Å². The summed E-state index contributed by atoms with van der Waals surface area (Å²) < 4.78 is 20.5. The molecular formula is C17H14FN3O2. The third kappa shape index (κ3) is 3.42. The largest absolute Gasteiger partial charge is 0.493 e. The third-order valence-corrected chi connectivity index (χ3v) is 3.31. The Labute approximate surface area is 132 Å². The van der Waals surface area contributed by atoms with Crippen molar-refractivity contribution in [2.24, 2.45) is 0 Å². The second kappa shape index (κ2) is 6.83. The molecule has 0 radical (unpaired) electrons. The Kier molecular flexibility index (Phi) is 4.42. The number of benzene rings is 2. The number of halogens is 1. The van der Waals surface area contributed by atoms with E-state index in [1.165, 1.54) is 16.8 Å². The summed E-state index contributed by atoms with van der Waals surface area (Å²) in [6.45, 7) is 0.355. The summed E-state index contributed by atoms with van der Waals surface area (Å²) in [5.74, 6) is 0.363. The van der Waals surface area contributed by atoms with Crippen LogP contribution in [0, 0.1) is 5.82 Å². The van der Waals surface area contributed by atoms with Crippen molar-refractivity contribution in [1.82, 2.24) is 15.0 Å². The highest BCUT2D eigenvalue weighted by Crippen LogP contribution is 2.15. The van der Waals surface area contributed by atoms with Crippen LogP contribution in [0.1, 0.15) is 16.2 Å². The van der Waals surface area contributed by atoms with Crippen LogP contribution in [0.3, 0.4) is 0 Å². The number of nitrogens with zero attached hydrogens (tertiary/aromatic N) is 3. The van der Waals surface area contributed by atoms with Crippen LogP contribution in [0.15, 0.2) is 54.6 Å². The molecule has 0 aliphatic carbocycles. The summed E-state index contributed by atoms with van der Waals surface area (Å²) in [5, 5.41) is 7.77. The predicted octanol–water partition coefficient (Wildman–Crippen LogP) is 2.84. The number of carbonyl (C=O) groups is 1. The Bertz CT molecular complexity index is 803. The van der Waals surface area contributed by atoms with Crippen molar-refractivity contribution in [2.45, 2.75) is 6.42 Å². The Morgan fingerprint density at radius 2 is 1.96 bits per heavy atom. The molecule has 0 saturated heterocycles. The average Bonchev–Trinajstić information content (AvgIpc) is 2.99. The highest BCUT2D eigenvalue weighted by atomic mass is 19.1. The van der Waals surface area contributed by atoms with E-state index in [0.717, 1.165) is 5.75 Å². The predicted molar refractivity (Wildman–Crippen MR) is 82.3 cm³/mol. The smallest absolute Gasteiger partial charge is 0.172 e. The molecule has 0 aliphatic rings. The molecule has 3 rings (SSSR count). The number of carbonyl (C=O) groups excluding carboxylic acids is 1. The van der Waals surface area contributed by atoms with Gasteiger partial charge < -0.3 is 4.74 Å². The minimum atomic E-state index is -0.378.